The minimum Gasteiger partial charge on any atom is -0.395 e. The first kappa shape index (κ1) is 10.8. The molecule has 0 aromatic heterocycles. The topological polar surface area (TPSA) is 46.2 Å². The summed E-state index contributed by atoms with van der Waals surface area (Å²) in [5.74, 6) is 1.90. The second-order valence-electron chi connectivity index (χ2n) is 3.25. The summed E-state index contributed by atoms with van der Waals surface area (Å²) in [5.41, 5.74) is 7.07. The van der Waals surface area contributed by atoms with Crippen LogP contribution in [0, 0.1) is 0 Å². The lowest BCUT2D eigenvalue weighted by Gasteiger charge is -2.10. The number of hydrogen-bond donors (Lipinski definition) is 2. The van der Waals surface area contributed by atoms with Gasteiger partial charge in [-0.1, -0.05) is 23.8 Å². The lowest BCUT2D eigenvalue weighted by Crippen LogP contribution is -2.27. The second-order valence-corrected chi connectivity index (χ2v) is 4.28. The van der Waals surface area contributed by atoms with Crippen molar-refractivity contribution in [2.24, 2.45) is 5.73 Å². The van der Waals surface area contributed by atoms with Crippen LogP contribution < -0.4 is 5.73 Å². The zero-order chi connectivity index (χ0) is 9.52. The fraction of sp³-hybridized carbons (Fsp3) is 0.600. The van der Waals surface area contributed by atoms with Crippen LogP contribution in [0.15, 0.2) is 23.8 Å². The maximum Gasteiger partial charge on any atom is 0.0590 e. The van der Waals surface area contributed by atoms with Gasteiger partial charge >= 0.3 is 0 Å². The van der Waals surface area contributed by atoms with Crippen molar-refractivity contribution in [2.75, 3.05) is 18.1 Å². The predicted molar refractivity (Wildman–Crippen MR) is 58.8 cm³/mol. The fourth-order valence-corrected chi connectivity index (χ4v) is 2.20. The molecular formula is C10H17NOS. The van der Waals surface area contributed by atoms with Crippen molar-refractivity contribution in [1.82, 2.24) is 0 Å². The molecule has 0 spiro atoms. The molecule has 0 fully saturated rings. The molecule has 1 aliphatic rings. The van der Waals surface area contributed by atoms with E-state index < -0.39 is 0 Å². The molecule has 0 bridgehead atoms. The molecule has 0 aromatic carbocycles. The Labute approximate surface area is 83.9 Å². The number of nitrogens with two attached hydrogens (primary N) is 1. The summed E-state index contributed by atoms with van der Waals surface area (Å²) in [4.78, 5) is 0. The van der Waals surface area contributed by atoms with Gasteiger partial charge in [0, 0.05) is 17.5 Å². The third kappa shape index (κ3) is 4.50. The molecule has 3 N–H and O–H groups in total. The summed E-state index contributed by atoms with van der Waals surface area (Å²) in [6, 6.07) is -0.0651. The predicted octanol–water partition coefficient (Wildman–Crippen LogP) is 1.32. The SMILES string of the molecule is NC(CO)CSCC1=CC=CCC1. The molecule has 1 aliphatic carbocycles. The van der Waals surface area contributed by atoms with Crippen LogP contribution in [0.5, 0.6) is 0 Å². The van der Waals surface area contributed by atoms with E-state index in [0.29, 0.717) is 0 Å². The van der Waals surface area contributed by atoms with Crippen molar-refractivity contribution < 1.29 is 5.11 Å². The highest BCUT2D eigenvalue weighted by molar-refractivity contribution is 7.99. The van der Waals surface area contributed by atoms with Crippen molar-refractivity contribution in [3.63, 3.8) is 0 Å². The Balaban J connectivity index is 2.11. The average Bonchev–Trinajstić information content (AvgIpc) is 2.19. The summed E-state index contributed by atoms with van der Waals surface area (Å²) < 4.78 is 0. The minimum atomic E-state index is -0.0651. The van der Waals surface area contributed by atoms with Crippen molar-refractivity contribution in [1.29, 1.82) is 0 Å². The summed E-state index contributed by atoms with van der Waals surface area (Å²) in [6.07, 6.45) is 8.83. The van der Waals surface area contributed by atoms with Gasteiger partial charge in [-0.3, -0.25) is 0 Å². The Bertz CT molecular complexity index is 201. The lowest BCUT2D eigenvalue weighted by molar-refractivity contribution is 0.275. The van der Waals surface area contributed by atoms with Crippen LogP contribution in [0.1, 0.15) is 12.8 Å². The second kappa shape index (κ2) is 6.24. The molecule has 0 aromatic rings. The van der Waals surface area contributed by atoms with E-state index in [4.69, 9.17) is 10.8 Å². The van der Waals surface area contributed by atoms with Gasteiger partial charge in [0.15, 0.2) is 0 Å². The van der Waals surface area contributed by atoms with E-state index in [-0.39, 0.29) is 12.6 Å². The maximum atomic E-state index is 8.71. The molecule has 1 atom stereocenters. The standard InChI is InChI=1S/C10H17NOS/c11-10(6-12)8-13-7-9-4-2-1-3-5-9/h1-2,4,10,12H,3,5-8,11H2. The summed E-state index contributed by atoms with van der Waals surface area (Å²) in [7, 11) is 0. The minimum absolute atomic E-state index is 0.0651. The van der Waals surface area contributed by atoms with Gasteiger partial charge in [0.25, 0.3) is 0 Å². The number of allylic oxidation sites excluding steroid dienone is 3. The van der Waals surface area contributed by atoms with Crippen LogP contribution in [-0.2, 0) is 0 Å². The Morgan fingerprint density at radius 3 is 3.08 bits per heavy atom. The number of rotatable bonds is 5. The molecule has 2 nitrogen and oxygen atoms in total. The van der Waals surface area contributed by atoms with Gasteiger partial charge in [-0.15, -0.1) is 0 Å². The van der Waals surface area contributed by atoms with E-state index in [1.54, 1.807) is 11.8 Å². The highest BCUT2D eigenvalue weighted by Crippen LogP contribution is 2.17. The molecule has 3 heteroatoms. The molecule has 0 aliphatic heterocycles. The van der Waals surface area contributed by atoms with E-state index in [1.807, 2.05) is 0 Å². The Kier molecular flexibility index (Phi) is 5.20. The maximum absolute atomic E-state index is 8.71. The molecule has 13 heavy (non-hydrogen) atoms. The van der Waals surface area contributed by atoms with Crippen LogP contribution in [-0.4, -0.2) is 29.3 Å². The highest BCUT2D eigenvalue weighted by atomic mass is 32.2. The zero-order valence-corrected chi connectivity index (χ0v) is 8.59. The first-order chi connectivity index (χ1) is 6.33. The number of aliphatic hydroxyl groups is 1. The van der Waals surface area contributed by atoms with Crippen LogP contribution in [0.3, 0.4) is 0 Å². The molecule has 0 saturated heterocycles. The Hall–Kier alpha value is -0.250. The summed E-state index contributed by atoms with van der Waals surface area (Å²) in [5, 5.41) is 8.71. The van der Waals surface area contributed by atoms with E-state index in [2.05, 4.69) is 18.2 Å². The van der Waals surface area contributed by atoms with E-state index >= 15 is 0 Å². The third-order valence-electron chi connectivity index (χ3n) is 1.95. The van der Waals surface area contributed by atoms with Gasteiger partial charge in [0.2, 0.25) is 0 Å². The van der Waals surface area contributed by atoms with E-state index in [0.717, 1.165) is 11.5 Å². The molecule has 0 amide bonds. The monoisotopic (exact) mass is 199 g/mol. The molecule has 1 rings (SSSR count). The van der Waals surface area contributed by atoms with Gasteiger partial charge in [-0.25, -0.2) is 0 Å². The van der Waals surface area contributed by atoms with Crippen LogP contribution in [0.4, 0.5) is 0 Å². The van der Waals surface area contributed by atoms with Crippen LogP contribution >= 0.6 is 11.8 Å². The quantitative estimate of drug-likeness (QED) is 0.702. The van der Waals surface area contributed by atoms with Gasteiger partial charge in [-0.05, 0) is 12.8 Å². The van der Waals surface area contributed by atoms with Crippen LogP contribution in [0.25, 0.3) is 0 Å². The van der Waals surface area contributed by atoms with Crippen molar-refractivity contribution in [3.8, 4) is 0 Å². The van der Waals surface area contributed by atoms with Gasteiger partial charge in [0.1, 0.15) is 0 Å². The van der Waals surface area contributed by atoms with E-state index in [9.17, 15) is 0 Å². The van der Waals surface area contributed by atoms with Crippen molar-refractivity contribution in [2.45, 2.75) is 18.9 Å². The number of aliphatic hydroxyl groups excluding tert-OH is 1. The normalized spacial score (nSPS) is 18.5. The number of hydrogen-bond acceptors (Lipinski definition) is 3. The molecule has 0 saturated carbocycles. The molecule has 0 radical (unpaired) electrons. The largest absolute Gasteiger partial charge is 0.395 e. The summed E-state index contributed by atoms with van der Waals surface area (Å²) in [6.45, 7) is 0.0892. The van der Waals surface area contributed by atoms with Crippen LogP contribution in [0.2, 0.25) is 0 Å². The van der Waals surface area contributed by atoms with E-state index in [1.165, 1.54) is 18.4 Å². The number of thioether (sulfide) groups is 1. The fourth-order valence-electron chi connectivity index (χ4n) is 1.17. The Morgan fingerprint density at radius 2 is 2.46 bits per heavy atom. The van der Waals surface area contributed by atoms with Crippen molar-refractivity contribution >= 4 is 11.8 Å². The molecule has 1 unspecified atom stereocenters. The van der Waals surface area contributed by atoms with Gasteiger partial charge in [0.05, 0.1) is 6.61 Å². The van der Waals surface area contributed by atoms with Gasteiger partial charge < -0.3 is 10.8 Å². The average molecular weight is 199 g/mol. The molecular weight excluding hydrogens is 182 g/mol. The summed E-state index contributed by atoms with van der Waals surface area (Å²) >= 11 is 1.81. The van der Waals surface area contributed by atoms with Gasteiger partial charge in [-0.2, -0.15) is 11.8 Å². The molecule has 74 valence electrons. The Morgan fingerprint density at radius 1 is 1.62 bits per heavy atom. The van der Waals surface area contributed by atoms with Crippen molar-refractivity contribution in [3.05, 3.63) is 23.8 Å². The zero-order valence-electron chi connectivity index (χ0n) is 7.78. The highest BCUT2D eigenvalue weighted by Gasteiger charge is 2.03. The first-order valence-corrected chi connectivity index (χ1v) is 5.77. The molecule has 0 heterocycles. The smallest absolute Gasteiger partial charge is 0.0590 e. The first-order valence-electron chi connectivity index (χ1n) is 4.61. The lowest BCUT2D eigenvalue weighted by atomic mass is 10.1. The third-order valence-corrected chi connectivity index (χ3v) is 3.19.